The molecule has 2 aromatic rings. The summed E-state index contributed by atoms with van der Waals surface area (Å²) in [7, 11) is 3.75. The van der Waals surface area contributed by atoms with Crippen molar-refractivity contribution in [2.24, 2.45) is 0 Å². The maximum Gasteiger partial charge on any atom is 0.692 e. The molecule has 29 heavy (non-hydrogen) atoms. The normalized spacial score (nSPS) is 12.0. The van der Waals surface area contributed by atoms with Gasteiger partial charge in [0.2, 0.25) is 0 Å². The fourth-order valence-corrected chi connectivity index (χ4v) is 3.20. The Morgan fingerprint density at radius 1 is 0.897 bits per heavy atom. The van der Waals surface area contributed by atoms with Gasteiger partial charge < -0.3 is 18.9 Å². The first-order valence-corrected chi connectivity index (χ1v) is 10.0. The number of benzene rings is 2. The number of methoxy groups -OCH3 is 4. The molecule has 0 spiro atoms. The molecule has 0 bridgehead atoms. The van der Waals surface area contributed by atoms with E-state index in [4.69, 9.17) is 33.3 Å². The van der Waals surface area contributed by atoms with Gasteiger partial charge in [0.25, 0.3) is 0 Å². The second kappa shape index (κ2) is 10.8. The highest BCUT2D eigenvalue weighted by atomic mass is 31.1. The maximum atomic E-state index is 8.70. The fourth-order valence-electron chi connectivity index (χ4n) is 3.20. The Morgan fingerprint density at radius 2 is 1.45 bits per heavy atom. The summed E-state index contributed by atoms with van der Waals surface area (Å²) in [5.74, 6) is 2.99. The van der Waals surface area contributed by atoms with Crippen molar-refractivity contribution in [1.29, 1.82) is 0 Å². The Balaban J connectivity index is 0.000000687. The van der Waals surface area contributed by atoms with Crippen LogP contribution < -0.4 is 23.9 Å². The number of nitrogens with one attached hydrogen (secondary N) is 1. The van der Waals surface area contributed by atoms with E-state index >= 15 is 0 Å². The Labute approximate surface area is 170 Å². The number of hydrogen-bond donors (Lipinski definition) is 3. The van der Waals surface area contributed by atoms with Crippen LogP contribution in [0.5, 0.6) is 23.0 Å². The largest absolute Gasteiger partial charge is 0.692 e. The van der Waals surface area contributed by atoms with Crippen LogP contribution >= 0.6 is 8.25 Å². The van der Waals surface area contributed by atoms with Gasteiger partial charge in [0.1, 0.15) is 6.54 Å². The highest BCUT2D eigenvalue weighted by molar-refractivity contribution is 7.30. The molecular formula is C20H26NO7P+2. The van der Waals surface area contributed by atoms with E-state index in [0.29, 0.717) is 0 Å². The third kappa shape index (κ3) is 5.90. The zero-order chi connectivity index (χ0) is 21.4. The van der Waals surface area contributed by atoms with Crippen LogP contribution in [0, 0.1) is 0 Å². The molecule has 156 valence electrons. The minimum absolute atomic E-state index is 0.736. The molecule has 0 amide bonds. The number of ether oxygens (including phenoxy) is 4. The van der Waals surface area contributed by atoms with Crippen molar-refractivity contribution in [3.8, 4) is 23.0 Å². The molecule has 1 aliphatic heterocycles. The molecule has 9 heteroatoms. The molecule has 2 aromatic carbocycles. The zero-order valence-corrected chi connectivity index (χ0v) is 17.8. The van der Waals surface area contributed by atoms with E-state index in [1.807, 2.05) is 12.1 Å². The van der Waals surface area contributed by atoms with Crippen LogP contribution in [-0.2, 0) is 17.4 Å². The van der Waals surface area contributed by atoms with Crippen LogP contribution in [0.15, 0.2) is 30.3 Å². The number of fused-ring (bicyclic) bond motifs is 1. The number of rotatable bonds is 6. The summed E-state index contributed by atoms with van der Waals surface area (Å²) < 4.78 is 30.3. The van der Waals surface area contributed by atoms with E-state index in [2.05, 4.69) is 23.2 Å². The second-order valence-electron chi connectivity index (χ2n) is 6.14. The summed E-state index contributed by atoms with van der Waals surface area (Å²) in [6.07, 6.45) is 1.74. The van der Waals surface area contributed by atoms with E-state index in [1.54, 1.807) is 28.4 Å². The molecule has 1 aliphatic rings. The Bertz CT molecular complexity index is 895. The third-order valence-corrected chi connectivity index (χ3v) is 4.50. The topological polar surface area (TPSA) is 108 Å². The molecule has 0 radical (unpaired) electrons. The Hall–Kier alpha value is -2.67. The lowest BCUT2D eigenvalue weighted by molar-refractivity contribution is -0.458. The van der Waals surface area contributed by atoms with Gasteiger partial charge in [-0.1, -0.05) is 6.07 Å². The lowest BCUT2D eigenvalue weighted by Gasteiger charge is -2.17. The molecule has 0 saturated heterocycles. The monoisotopic (exact) mass is 423 g/mol. The lowest BCUT2D eigenvalue weighted by Crippen LogP contribution is -2.76. The van der Waals surface area contributed by atoms with Crippen molar-refractivity contribution in [2.75, 3.05) is 35.0 Å². The molecule has 1 heterocycles. The summed E-state index contributed by atoms with van der Waals surface area (Å²) in [4.78, 5) is 17.8. The van der Waals surface area contributed by atoms with Gasteiger partial charge in [-0.25, -0.2) is 4.99 Å². The van der Waals surface area contributed by atoms with Gasteiger partial charge in [-0.2, -0.15) is 0 Å². The average molecular weight is 423 g/mol. The zero-order valence-electron chi connectivity index (χ0n) is 16.9. The van der Waals surface area contributed by atoms with Crippen molar-refractivity contribution < 1.29 is 38.3 Å². The quantitative estimate of drug-likeness (QED) is 0.596. The molecule has 0 fully saturated rings. The second-order valence-corrected chi connectivity index (χ2v) is 6.64. The number of hydrogen-bond acceptors (Lipinski definition) is 5. The van der Waals surface area contributed by atoms with Gasteiger partial charge in [-0.3, -0.25) is 0 Å². The first-order chi connectivity index (χ1) is 13.9. The molecule has 8 nitrogen and oxygen atoms in total. The van der Waals surface area contributed by atoms with Crippen LogP contribution in [0.3, 0.4) is 0 Å². The predicted molar refractivity (Wildman–Crippen MR) is 108 cm³/mol. The smallest absolute Gasteiger partial charge is 0.493 e. The minimum atomic E-state index is -2.87. The fraction of sp³-hybridized carbons (Fsp3) is 0.350. The summed E-state index contributed by atoms with van der Waals surface area (Å²) >= 11 is 0. The van der Waals surface area contributed by atoms with Crippen LogP contribution in [0.4, 0.5) is 0 Å². The van der Waals surface area contributed by atoms with Crippen LogP contribution in [0.1, 0.15) is 16.7 Å². The average Bonchev–Trinajstić information content (AvgIpc) is 2.72. The third-order valence-electron chi connectivity index (χ3n) is 4.50. The SMILES string of the molecule is COc1ccc(CC2=[NH+]CCc3cc(OC)c(OC)cc32)cc1OC.O=[P+](O)O. The van der Waals surface area contributed by atoms with Gasteiger partial charge in [0.05, 0.1) is 34.9 Å². The first-order valence-electron chi connectivity index (χ1n) is 8.84. The Morgan fingerprint density at radius 3 is 2.03 bits per heavy atom. The van der Waals surface area contributed by atoms with Crippen molar-refractivity contribution in [3.63, 3.8) is 0 Å². The van der Waals surface area contributed by atoms with Gasteiger partial charge in [0, 0.05) is 16.5 Å². The Kier molecular flexibility index (Phi) is 8.39. The van der Waals surface area contributed by atoms with Gasteiger partial charge >= 0.3 is 8.25 Å². The predicted octanol–water partition coefficient (Wildman–Crippen LogP) is 1.02. The standard InChI is InChI=1S/C20H23NO4.HO3P/c1-22-17-6-5-13(10-18(17)23-2)9-16-15-12-20(25-4)19(24-3)11-14(15)7-8-21-16;1-4(2)3/h5-6,10-12H,7-9H2,1-4H3;(H-,1,2,3)/p+2. The maximum absolute atomic E-state index is 8.70. The molecule has 3 rings (SSSR count). The van der Waals surface area contributed by atoms with E-state index in [-0.39, 0.29) is 0 Å². The van der Waals surface area contributed by atoms with E-state index in [9.17, 15) is 0 Å². The molecule has 3 N–H and O–H groups in total. The van der Waals surface area contributed by atoms with E-state index in [0.717, 1.165) is 47.9 Å². The highest BCUT2D eigenvalue weighted by Crippen LogP contribution is 2.32. The minimum Gasteiger partial charge on any atom is -0.493 e. The van der Waals surface area contributed by atoms with Gasteiger partial charge in [-0.05, 0) is 35.4 Å². The summed E-state index contributed by atoms with van der Waals surface area (Å²) in [5, 5.41) is 0. The van der Waals surface area contributed by atoms with E-state index < -0.39 is 8.25 Å². The van der Waals surface area contributed by atoms with Crippen LogP contribution in [0.25, 0.3) is 0 Å². The van der Waals surface area contributed by atoms with Crippen molar-refractivity contribution >= 4 is 14.0 Å². The summed E-state index contributed by atoms with van der Waals surface area (Å²) in [5.41, 5.74) is 4.78. The lowest BCUT2D eigenvalue weighted by atomic mass is 9.93. The molecule has 0 saturated carbocycles. The van der Waals surface area contributed by atoms with Gasteiger partial charge in [0.15, 0.2) is 28.7 Å². The first kappa shape index (κ1) is 22.6. The van der Waals surface area contributed by atoms with Crippen molar-refractivity contribution in [2.45, 2.75) is 12.8 Å². The summed E-state index contributed by atoms with van der Waals surface area (Å²) in [6, 6.07) is 10.1. The van der Waals surface area contributed by atoms with E-state index in [1.165, 1.54) is 16.8 Å². The molecule has 0 atom stereocenters. The molecule has 0 aromatic heterocycles. The molecule has 0 unspecified atom stereocenters. The molecular weight excluding hydrogens is 397 g/mol. The van der Waals surface area contributed by atoms with Crippen LogP contribution in [0.2, 0.25) is 0 Å². The molecule has 0 aliphatic carbocycles. The summed E-state index contributed by atoms with van der Waals surface area (Å²) in [6.45, 7) is 0.908. The van der Waals surface area contributed by atoms with Crippen LogP contribution in [-0.4, -0.2) is 50.5 Å². The van der Waals surface area contributed by atoms with Crippen molar-refractivity contribution in [1.82, 2.24) is 0 Å². The van der Waals surface area contributed by atoms with Crippen molar-refractivity contribution in [3.05, 3.63) is 47.0 Å². The highest BCUT2D eigenvalue weighted by Gasteiger charge is 2.23. The van der Waals surface area contributed by atoms with Gasteiger partial charge in [-0.15, -0.1) is 9.79 Å².